The van der Waals surface area contributed by atoms with Crippen LogP contribution in [0.5, 0.6) is 0 Å². The van der Waals surface area contributed by atoms with Crippen molar-refractivity contribution in [3.8, 4) is 0 Å². The fourth-order valence-corrected chi connectivity index (χ4v) is 2.51. The summed E-state index contributed by atoms with van der Waals surface area (Å²) >= 11 is 0. The van der Waals surface area contributed by atoms with Gasteiger partial charge in [0.15, 0.2) is 11.6 Å². The molecule has 1 aromatic carbocycles. The number of aromatic nitrogens is 1. The van der Waals surface area contributed by atoms with Gasteiger partial charge in [0.2, 0.25) is 0 Å². The van der Waals surface area contributed by atoms with Gasteiger partial charge in [0, 0.05) is 12.7 Å². The first-order valence-corrected chi connectivity index (χ1v) is 7.39. The number of rotatable bonds is 7. The molecule has 3 nitrogen and oxygen atoms in total. The zero-order valence-electron chi connectivity index (χ0n) is 12.6. The first-order valence-electron chi connectivity index (χ1n) is 7.39. The third kappa shape index (κ3) is 4.02. The molecule has 1 heterocycles. The summed E-state index contributed by atoms with van der Waals surface area (Å²) in [6.07, 6.45) is 1.60. The van der Waals surface area contributed by atoms with Crippen molar-refractivity contribution in [3.05, 3.63) is 60.0 Å². The normalized spacial score (nSPS) is 12.4. The van der Waals surface area contributed by atoms with Gasteiger partial charge in [-0.2, -0.15) is 0 Å². The van der Waals surface area contributed by atoms with Crippen LogP contribution in [0, 0.1) is 5.82 Å². The summed E-state index contributed by atoms with van der Waals surface area (Å²) in [5.41, 5.74) is 1.23. The van der Waals surface area contributed by atoms with Crippen LogP contribution < -0.4 is 5.32 Å². The van der Waals surface area contributed by atoms with Crippen molar-refractivity contribution in [2.75, 3.05) is 25.0 Å². The van der Waals surface area contributed by atoms with Gasteiger partial charge < -0.3 is 5.32 Å². The van der Waals surface area contributed by atoms with Crippen LogP contribution in [0.15, 0.2) is 48.7 Å². The van der Waals surface area contributed by atoms with E-state index in [9.17, 15) is 4.39 Å². The maximum absolute atomic E-state index is 13.7. The number of pyridine rings is 1. The van der Waals surface area contributed by atoms with Crippen LogP contribution in [-0.2, 0) is 0 Å². The lowest BCUT2D eigenvalue weighted by Crippen LogP contribution is -2.33. The van der Waals surface area contributed by atoms with E-state index in [1.165, 1.54) is 11.6 Å². The van der Waals surface area contributed by atoms with Crippen LogP contribution >= 0.6 is 0 Å². The number of nitrogens with zero attached hydrogens (tertiary/aromatic N) is 2. The topological polar surface area (TPSA) is 28.2 Å². The highest BCUT2D eigenvalue weighted by atomic mass is 19.1. The molecule has 2 aromatic rings. The highest BCUT2D eigenvalue weighted by Crippen LogP contribution is 2.21. The Balaban J connectivity index is 2.15. The van der Waals surface area contributed by atoms with Gasteiger partial charge in [0.25, 0.3) is 0 Å². The van der Waals surface area contributed by atoms with E-state index in [0.29, 0.717) is 12.4 Å². The number of likely N-dealkylation sites (N-methyl/N-ethyl adjacent to an activating group) is 1. The number of nitrogens with one attached hydrogen (secondary N) is 1. The number of anilines is 1. The average molecular weight is 287 g/mol. The van der Waals surface area contributed by atoms with Crippen LogP contribution in [0.4, 0.5) is 10.2 Å². The number of hydrogen-bond donors (Lipinski definition) is 1. The predicted molar refractivity (Wildman–Crippen MR) is 84.8 cm³/mol. The van der Waals surface area contributed by atoms with E-state index in [1.54, 1.807) is 12.3 Å². The van der Waals surface area contributed by atoms with Crippen LogP contribution in [0.1, 0.15) is 25.5 Å². The minimum absolute atomic E-state index is 0.197. The minimum Gasteiger partial charge on any atom is -0.366 e. The van der Waals surface area contributed by atoms with Gasteiger partial charge in [-0.25, -0.2) is 9.37 Å². The van der Waals surface area contributed by atoms with E-state index in [1.807, 2.05) is 18.2 Å². The van der Waals surface area contributed by atoms with Crippen molar-refractivity contribution in [1.29, 1.82) is 0 Å². The molecule has 1 aromatic heterocycles. The maximum atomic E-state index is 13.7. The van der Waals surface area contributed by atoms with E-state index in [4.69, 9.17) is 0 Å². The lowest BCUT2D eigenvalue weighted by Gasteiger charge is -2.30. The highest BCUT2D eigenvalue weighted by Gasteiger charge is 2.18. The smallest absolute Gasteiger partial charge is 0.165 e. The molecule has 0 spiro atoms. The molecule has 2 rings (SSSR count). The molecule has 1 atom stereocenters. The summed E-state index contributed by atoms with van der Waals surface area (Å²) in [5.74, 6) is -0.00514. The number of benzene rings is 1. The summed E-state index contributed by atoms with van der Waals surface area (Å²) in [7, 11) is 0. The van der Waals surface area contributed by atoms with Gasteiger partial charge in [0.1, 0.15) is 0 Å². The Hall–Kier alpha value is -1.94. The third-order valence-electron chi connectivity index (χ3n) is 3.66. The second kappa shape index (κ2) is 7.74. The second-order valence-corrected chi connectivity index (χ2v) is 4.86. The summed E-state index contributed by atoms with van der Waals surface area (Å²) in [6, 6.07) is 13.5. The van der Waals surface area contributed by atoms with Crippen LogP contribution in [0.3, 0.4) is 0 Å². The Labute approximate surface area is 125 Å². The van der Waals surface area contributed by atoms with Gasteiger partial charge in [0.05, 0.1) is 6.04 Å². The predicted octanol–water partition coefficient (Wildman–Crippen LogP) is 3.72. The van der Waals surface area contributed by atoms with Crippen molar-refractivity contribution in [1.82, 2.24) is 9.88 Å². The quantitative estimate of drug-likeness (QED) is 0.841. The van der Waals surface area contributed by atoms with Crippen LogP contribution in [-0.4, -0.2) is 29.5 Å². The molecule has 4 heteroatoms. The molecule has 0 fully saturated rings. The molecule has 0 aliphatic rings. The Morgan fingerprint density at radius 1 is 1.10 bits per heavy atom. The highest BCUT2D eigenvalue weighted by molar-refractivity contribution is 5.36. The van der Waals surface area contributed by atoms with Gasteiger partial charge in [-0.15, -0.1) is 0 Å². The third-order valence-corrected chi connectivity index (χ3v) is 3.66. The molecule has 112 valence electrons. The Morgan fingerprint density at radius 3 is 2.43 bits per heavy atom. The average Bonchev–Trinajstić information content (AvgIpc) is 2.54. The molecule has 21 heavy (non-hydrogen) atoms. The molecule has 0 aliphatic carbocycles. The number of halogens is 1. The van der Waals surface area contributed by atoms with E-state index in [-0.39, 0.29) is 11.9 Å². The second-order valence-electron chi connectivity index (χ2n) is 4.86. The zero-order chi connectivity index (χ0) is 15.1. The van der Waals surface area contributed by atoms with Gasteiger partial charge >= 0.3 is 0 Å². The van der Waals surface area contributed by atoms with E-state index < -0.39 is 0 Å². The van der Waals surface area contributed by atoms with Crippen molar-refractivity contribution in [2.24, 2.45) is 0 Å². The zero-order valence-corrected chi connectivity index (χ0v) is 12.6. The Morgan fingerprint density at radius 2 is 1.81 bits per heavy atom. The van der Waals surface area contributed by atoms with Crippen molar-refractivity contribution in [3.63, 3.8) is 0 Å². The van der Waals surface area contributed by atoms with Crippen LogP contribution in [0.2, 0.25) is 0 Å². The van der Waals surface area contributed by atoms with Gasteiger partial charge in [-0.05, 0) is 30.8 Å². The first-order chi connectivity index (χ1) is 10.3. The van der Waals surface area contributed by atoms with E-state index in [2.05, 4.69) is 41.2 Å². The molecular formula is C17H22FN3. The molecule has 0 bridgehead atoms. The largest absolute Gasteiger partial charge is 0.366 e. The summed E-state index contributed by atoms with van der Waals surface area (Å²) in [6.45, 7) is 6.80. The fourth-order valence-electron chi connectivity index (χ4n) is 2.51. The number of hydrogen-bond acceptors (Lipinski definition) is 3. The fraction of sp³-hybridized carbons (Fsp3) is 0.353. The van der Waals surface area contributed by atoms with Crippen molar-refractivity contribution >= 4 is 5.82 Å². The monoisotopic (exact) mass is 287 g/mol. The first kappa shape index (κ1) is 15.4. The van der Waals surface area contributed by atoms with Crippen LogP contribution in [0.25, 0.3) is 0 Å². The molecule has 0 aliphatic heterocycles. The maximum Gasteiger partial charge on any atom is 0.165 e. The molecule has 1 unspecified atom stereocenters. The molecule has 0 saturated carbocycles. The molecule has 0 radical (unpaired) electrons. The minimum atomic E-state index is -0.316. The summed E-state index contributed by atoms with van der Waals surface area (Å²) in [4.78, 5) is 6.40. The Kier molecular flexibility index (Phi) is 5.69. The summed E-state index contributed by atoms with van der Waals surface area (Å²) < 4.78 is 13.7. The van der Waals surface area contributed by atoms with E-state index >= 15 is 0 Å². The lowest BCUT2D eigenvalue weighted by atomic mass is 10.1. The standard InChI is InChI=1S/C17H22FN3/c1-3-21(4-2)16(14-9-6-5-7-10-14)13-20-17-15(18)11-8-12-19-17/h5-12,16H,3-4,13H2,1-2H3,(H,19,20). The van der Waals surface area contributed by atoms with Gasteiger partial charge in [-0.1, -0.05) is 44.2 Å². The van der Waals surface area contributed by atoms with Crippen molar-refractivity contribution < 1.29 is 4.39 Å². The summed E-state index contributed by atoms with van der Waals surface area (Å²) in [5, 5.41) is 3.13. The van der Waals surface area contributed by atoms with E-state index in [0.717, 1.165) is 13.1 Å². The molecule has 0 amide bonds. The molecule has 0 saturated heterocycles. The SMILES string of the molecule is CCN(CC)C(CNc1ncccc1F)c1ccccc1. The molecular weight excluding hydrogens is 265 g/mol. The Bertz CT molecular complexity index is 541. The van der Waals surface area contributed by atoms with Crippen molar-refractivity contribution in [2.45, 2.75) is 19.9 Å². The molecule has 1 N–H and O–H groups in total. The van der Waals surface area contributed by atoms with Gasteiger partial charge in [-0.3, -0.25) is 4.90 Å². The lowest BCUT2D eigenvalue weighted by molar-refractivity contribution is 0.228.